The molecule has 0 saturated carbocycles. The van der Waals surface area contributed by atoms with E-state index in [1.54, 1.807) is 24.3 Å². The number of amides is 1. The minimum absolute atomic E-state index is 0.0987. The number of halogens is 3. The van der Waals surface area contributed by atoms with Crippen molar-refractivity contribution < 1.29 is 23.1 Å². The molecule has 132 valence electrons. The Morgan fingerprint density at radius 1 is 1.12 bits per heavy atom. The molecule has 0 unspecified atom stereocenters. The maximum atomic E-state index is 12.7. The van der Waals surface area contributed by atoms with E-state index in [2.05, 4.69) is 0 Å². The zero-order chi connectivity index (χ0) is 18.0. The molecule has 1 fully saturated rings. The molecule has 1 aliphatic rings. The summed E-state index contributed by atoms with van der Waals surface area (Å²) < 4.78 is 38.1. The van der Waals surface area contributed by atoms with Crippen molar-refractivity contribution in [2.24, 2.45) is 0 Å². The van der Waals surface area contributed by atoms with Crippen LogP contribution in [-0.4, -0.2) is 28.2 Å². The van der Waals surface area contributed by atoms with Crippen molar-refractivity contribution in [2.45, 2.75) is 17.7 Å². The fourth-order valence-electron chi connectivity index (χ4n) is 2.73. The van der Waals surface area contributed by atoms with Crippen LogP contribution < -0.4 is 0 Å². The molecule has 3 rings (SSSR count). The number of thioether (sulfide) groups is 1. The van der Waals surface area contributed by atoms with Gasteiger partial charge in [0.15, 0.2) is 0 Å². The quantitative estimate of drug-likeness (QED) is 0.888. The summed E-state index contributed by atoms with van der Waals surface area (Å²) in [7, 11) is 0. The molecular formula is C18H16F3NO2S. The second kappa shape index (κ2) is 7.09. The van der Waals surface area contributed by atoms with E-state index in [1.807, 2.05) is 6.07 Å². The SMILES string of the molecule is O=C1CS[C@H](c2ccc(C(F)(F)F)cc2)N1C[C@@H](O)c1ccccc1. The minimum Gasteiger partial charge on any atom is -0.387 e. The van der Waals surface area contributed by atoms with E-state index in [0.29, 0.717) is 11.1 Å². The van der Waals surface area contributed by atoms with E-state index in [-0.39, 0.29) is 18.2 Å². The van der Waals surface area contributed by atoms with Crippen LogP contribution in [0, 0.1) is 0 Å². The summed E-state index contributed by atoms with van der Waals surface area (Å²) in [6, 6.07) is 13.8. The number of alkyl halides is 3. The van der Waals surface area contributed by atoms with Gasteiger partial charge in [-0.05, 0) is 23.3 Å². The largest absolute Gasteiger partial charge is 0.416 e. The standard InChI is InChI=1S/C18H16F3NO2S/c19-18(20,21)14-8-6-13(7-9-14)17-22(16(24)11-25-17)10-15(23)12-4-2-1-3-5-12/h1-9,15,17,23H,10-11H2/t15-,17-/m1/s1. The Morgan fingerprint density at radius 2 is 1.76 bits per heavy atom. The number of carbonyl (C=O) groups excluding carboxylic acids is 1. The van der Waals surface area contributed by atoms with Crippen molar-refractivity contribution in [1.29, 1.82) is 0 Å². The number of aliphatic hydroxyl groups is 1. The third-order valence-electron chi connectivity index (χ3n) is 4.05. The Labute approximate surface area is 147 Å². The van der Waals surface area contributed by atoms with E-state index in [4.69, 9.17) is 0 Å². The molecule has 7 heteroatoms. The van der Waals surface area contributed by atoms with Gasteiger partial charge < -0.3 is 10.0 Å². The first-order valence-electron chi connectivity index (χ1n) is 7.67. The Kier molecular flexibility index (Phi) is 5.06. The molecule has 0 aromatic heterocycles. The van der Waals surface area contributed by atoms with Gasteiger partial charge in [0.2, 0.25) is 5.91 Å². The van der Waals surface area contributed by atoms with Crippen LogP contribution in [0.15, 0.2) is 54.6 Å². The summed E-state index contributed by atoms with van der Waals surface area (Å²) in [5.74, 6) is 0.109. The van der Waals surface area contributed by atoms with Crippen LogP contribution in [0.5, 0.6) is 0 Å². The van der Waals surface area contributed by atoms with Crippen molar-refractivity contribution in [2.75, 3.05) is 12.3 Å². The average molecular weight is 367 g/mol. The molecule has 0 radical (unpaired) electrons. The summed E-state index contributed by atoms with van der Waals surface area (Å²) in [5, 5.41) is 9.97. The number of aliphatic hydroxyl groups excluding tert-OH is 1. The van der Waals surface area contributed by atoms with Gasteiger partial charge in [-0.15, -0.1) is 11.8 Å². The monoisotopic (exact) mass is 367 g/mol. The Balaban J connectivity index is 1.78. The lowest BCUT2D eigenvalue weighted by atomic mass is 10.1. The Hall–Kier alpha value is -1.99. The first kappa shape index (κ1) is 17.8. The molecule has 1 heterocycles. The molecule has 25 heavy (non-hydrogen) atoms. The van der Waals surface area contributed by atoms with Crippen LogP contribution in [0.3, 0.4) is 0 Å². The van der Waals surface area contributed by atoms with Crippen LogP contribution in [0.25, 0.3) is 0 Å². The second-order valence-corrected chi connectivity index (χ2v) is 6.82. The average Bonchev–Trinajstić information content (AvgIpc) is 2.96. The third kappa shape index (κ3) is 3.99. The number of hydrogen-bond acceptors (Lipinski definition) is 3. The molecule has 0 spiro atoms. The smallest absolute Gasteiger partial charge is 0.387 e. The zero-order valence-corrected chi connectivity index (χ0v) is 13.9. The van der Waals surface area contributed by atoms with Gasteiger partial charge in [0, 0.05) is 0 Å². The number of benzene rings is 2. The molecule has 2 aromatic carbocycles. The topological polar surface area (TPSA) is 40.5 Å². The Morgan fingerprint density at radius 3 is 2.36 bits per heavy atom. The summed E-state index contributed by atoms with van der Waals surface area (Å²) in [6.07, 6.45) is -5.24. The van der Waals surface area contributed by atoms with Gasteiger partial charge in [0.05, 0.1) is 24.0 Å². The van der Waals surface area contributed by atoms with Crippen molar-refractivity contribution in [3.05, 3.63) is 71.3 Å². The maximum Gasteiger partial charge on any atom is 0.416 e. The highest BCUT2D eigenvalue weighted by atomic mass is 32.2. The van der Waals surface area contributed by atoms with E-state index in [9.17, 15) is 23.1 Å². The molecule has 1 N–H and O–H groups in total. The fraction of sp³-hybridized carbons (Fsp3) is 0.278. The lowest BCUT2D eigenvalue weighted by Crippen LogP contribution is -2.32. The minimum atomic E-state index is -4.39. The van der Waals surface area contributed by atoms with E-state index >= 15 is 0 Å². The van der Waals surface area contributed by atoms with Crippen LogP contribution >= 0.6 is 11.8 Å². The molecule has 1 aliphatic heterocycles. The summed E-state index contributed by atoms with van der Waals surface area (Å²) in [5.41, 5.74) is 0.587. The highest BCUT2D eigenvalue weighted by Gasteiger charge is 2.35. The highest BCUT2D eigenvalue weighted by molar-refractivity contribution is 8.00. The Bertz CT molecular complexity index is 734. The number of β-amino-alcohol motifs (C(OH)–C–C–N with tert-alkyl or cyclic N) is 1. The van der Waals surface area contributed by atoms with E-state index in [1.165, 1.54) is 28.8 Å². The van der Waals surface area contributed by atoms with Gasteiger partial charge in [-0.1, -0.05) is 42.5 Å². The number of carbonyl (C=O) groups is 1. The van der Waals surface area contributed by atoms with Crippen LogP contribution in [0.2, 0.25) is 0 Å². The predicted molar refractivity (Wildman–Crippen MR) is 89.8 cm³/mol. The fourth-order valence-corrected chi connectivity index (χ4v) is 3.93. The van der Waals surface area contributed by atoms with Gasteiger partial charge in [0.25, 0.3) is 0 Å². The summed E-state index contributed by atoms with van der Waals surface area (Å²) >= 11 is 1.35. The molecule has 0 bridgehead atoms. The third-order valence-corrected chi connectivity index (χ3v) is 5.30. The number of rotatable bonds is 4. The predicted octanol–water partition coefficient (Wildman–Crippen LogP) is 4.01. The summed E-state index contributed by atoms with van der Waals surface area (Å²) in [4.78, 5) is 13.7. The van der Waals surface area contributed by atoms with Crippen LogP contribution in [-0.2, 0) is 11.0 Å². The maximum absolute atomic E-state index is 12.7. The first-order chi connectivity index (χ1) is 11.9. The first-order valence-corrected chi connectivity index (χ1v) is 8.72. The zero-order valence-electron chi connectivity index (χ0n) is 13.1. The lowest BCUT2D eigenvalue weighted by molar-refractivity contribution is -0.137. The van der Waals surface area contributed by atoms with Crippen molar-refractivity contribution in [3.63, 3.8) is 0 Å². The summed E-state index contributed by atoms with van der Waals surface area (Å²) in [6.45, 7) is 0.0987. The van der Waals surface area contributed by atoms with Gasteiger partial charge in [0.1, 0.15) is 5.37 Å². The molecule has 2 atom stereocenters. The van der Waals surface area contributed by atoms with Crippen LogP contribution in [0.1, 0.15) is 28.2 Å². The molecule has 1 amide bonds. The number of nitrogens with zero attached hydrogens (tertiary/aromatic N) is 1. The second-order valence-electron chi connectivity index (χ2n) is 5.76. The van der Waals surface area contributed by atoms with Gasteiger partial charge >= 0.3 is 6.18 Å². The highest BCUT2D eigenvalue weighted by Crippen LogP contribution is 2.40. The molecular weight excluding hydrogens is 351 g/mol. The van der Waals surface area contributed by atoms with E-state index in [0.717, 1.165) is 12.1 Å². The van der Waals surface area contributed by atoms with Crippen molar-refractivity contribution in [3.8, 4) is 0 Å². The van der Waals surface area contributed by atoms with Crippen LogP contribution in [0.4, 0.5) is 13.2 Å². The van der Waals surface area contributed by atoms with E-state index < -0.39 is 23.2 Å². The van der Waals surface area contributed by atoms with Crippen molar-refractivity contribution in [1.82, 2.24) is 4.90 Å². The normalized spacial score (nSPS) is 19.3. The van der Waals surface area contributed by atoms with Gasteiger partial charge in [-0.25, -0.2) is 0 Å². The lowest BCUT2D eigenvalue weighted by Gasteiger charge is -2.27. The molecule has 2 aromatic rings. The van der Waals surface area contributed by atoms with Gasteiger partial charge in [-0.3, -0.25) is 4.79 Å². The molecule has 0 aliphatic carbocycles. The van der Waals surface area contributed by atoms with Crippen molar-refractivity contribution >= 4 is 17.7 Å². The molecule has 3 nitrogen and oxygen atoms in total. The molecule has 1 saturated heterocycles. The van der Waals surface area contributed by atoms with Gasteiger partial charge in [-0.2, -0.15) is 13.2 Å². The number of hydrogen-bond donors (Lipinski definition) is 1.